The number of carbonyl (C=O) groups is 4. The number of rotatable bonds is 6. The van der Waals surface area contributed by atoms with E-state index in [1.807, 2.05) is 30.3 Å². The highest BCUT2D eigenvalue weighted by Gasteiger charge is 2.36. The summed E-state index contributed by atoms with van der Waals surface area (Å²) in [4.78, 5) is 53.4. The lowest BCUT2D eigenvalue weighted by Gasteiger charge is -2.21. The molecular formula is C19H22N2O5. The molecule has 0 bridgehead atoms. The summed E-state index contributed by atoms with van der Waals surface area (Å²) in [6, 6.07) is 8.26. The second kappa shape index (κ2) is 8.12. The molecule has 1 aromatic carbocycles. The maximum Gasteiger partial charge on any atom is 0.355 e. The van der Waals surface area contributed by atoms with Gasteiger partial charge in [0.05, 0.1) is 0 Å². The molecule has 1 aromatic rings. The highest BCUT2D eigenvalue weighted by molar-refractivity contribution is 6.02. The van der Waals surface area contributed by atoms with Crippen molar-refractivity contribution < 1.29 is 24.0 Å². The van der Waals surface area contributed by atoms with Crippen LogP contribution in [-0.2, 0) is 30.4 Å². The van der Waals surface area contributed by atoms with Crippen LogP contribution in [0, 0.1) is 5.92 Å². The van der Waals surface area contributed by atoms with Crippen LogP contribution in [0.3, 0.4) is 0 Å². The smallest absolute Gasteiger partial charge is 0.342 e. The van der Waals surface area contributed by atoms with Gasteiger partial charge in [0.2, 0.25) is 5.91 Å². The Hall–Kier alpha value is -2.70. The minimum absolute atomic E-state index is 0.0316. The first-order chi connectivity index (χ1) is 12.5. The lowest BCUT2D eigenvalue weighted by atomic mass is 10.0. The van der Waals surface area contributed by atoms with Crippen molar-refractivity contribution in [1.29, 1.82) is 0 Å². The van der Waals surface area contributed by atoms with Crippen molar-refractivity contribution in [3.63, 3.8) is 0 Å². The van der Waals surface area contributed by atoms with E-state index >= 15 is 0 Å². The molecule has 26 heavy (non-hydrogen) atoms. The van der Waals surface area contributed by atoms with Gasteiger partial charge in [0.15, 0.2) is 0 Å². The standard InChI is InChI=1S/C19H22N2O5/c22-16-10-11-17(23)21(16)26-19(25)15(12-13-6-2-1-3-7-13)20-18(24)14-8-4-5-9-14/h1-3,6-7,14-15H,4-5,8-12H2,(H,20,24)/t15-/m0/s1. The average molecular weight is 358 g/mol. The van der Waals surface area contributed by atoms with Crippen molar-refractivity contribution in [2.45, 2.75) is 51.0 Å². The summed E-state index contributed by atoms with van der Waals surface area (Å²) >= 11 is 0. The summed E-state index contributed by atoms with van der Waals surface area (Å²) in [5.74, 6) is -2.16. The Morgan fingerprint density at radius 2 is 1.69 bits per heavy atom. The molecule has 138 valence electrons. The van der Waals surface area contributed by atoms with E-state index in [2.05, 4.69) is 5.32 Å². The third-order valence-corrected chi connectivity index (χ3v) is 4.80. The molecule has 3 amide bonds. The molecule has 1 saturated heterocycles. The number of amides is 3. The van der Waals surface area contributed by atoms with Gasteiger partial charge < -0.3 is 10.2 Å². The summed E-state index contributed by atoms with van der Waals surface area (Å²) in [6.07, 6.45) is 3.91. The molecule has 1 saturated carbocycles. The van der Waals surface area contributed by atoms with Gasteiger partial charge in [-0.2, -0.15) is 0 Å². The van der Waals surface area contributed by atoms with Gasteiger partial charge >= 0.3 is 5.97 Å². The highest BCUT2D eigenvalue weighted by Crippen LogP contribution is 2.25. The van der Waals surface area contributed by atoms with Gasteiger partial charge in [-0.3, -0.25) is 14.4 Å². The maximum atomic E-state index is 12.6. The SMILES string of the molecule is O=C(N[C@@H](Cc1ccccc1)C(=O)ON1C(=O)CCC1=O)C1CCCC1. The zero-order valence-corrected chi connectivity index (χ0v) is 14.5. The molecule has 7 nitrogen and oxygen atoms in total. The van der Waals surface area contributed by atoms with E-state index in [-0.39, 0.29) is 31.1 Å². The fourth-order valence-electron chi connectivity index (χ4n) is 3.33. The molecule has 0 unspecified atom stereocenters. The Bertz CT molecular complexity index is 681. The zero-order chi connectivity index (χ0) is 18.5. The average Bonchev–Trinajstić information content (AvgIpc) is 3.28. The van der Waals surface area contributed by atoms with Gasteiger partial charge in [-0.1, -0.05) is 43.2 Å². The highest BCUT2D eigenvalue weighted by atomic mass is 16.7. The molecule has 1 atom stereocenters. The predicted octanol–water partition coefficient (Wildman–Crippen LogP) is 1.51. The molecule has 1 aliphatic heterocycles. The normalized spacial score (nSPS) is 18.8. The van der Waals surface area contributed by atoms with Gasteiger partial charge in [0, 0.05) is 25.2 Å². The molecule has 1 aliphatic carbocycles. The van der Waals surface area contributed by atoms with Crippen LogP contribution in [0.25, 0.3) is 0 Å². The number of benzene rings is 1. The van der Waals surface area contributed by atoms with E-state index in [1.54, 1.807) is 0 Å². The first-order valence-electron chi connectivity index (χ1n) is 8.96. The zero-order valence-electron chi connectivity index (χ0n) is 14.5. The quantitative estimate of drug-likeness (QED) is 0.778. The molecule has 0 spiro atoms. The van der Waals surface area contributed by atoms with Gasteiger partial charge in [-0.15, -0.1) is 5.06 Å². The molecule has 1 N–H and O–H groups in total. The van der Waals surface area contributed by atoms with Crippen LogP contribution in [-0.4, -0.2) is 34.8 Å². The summed E-state index contributed by atoms with van der Waals surface area (Å²) in [5.41, 5.74) is 0.847. The molecule has 2 aliphatic rings. The molecule has 0 aromatic heterocycles. The Kier molecular flexibility index (Phi) is 5.65. The van der Waals surface area contributed by atoms with Gasteiger partial charge in [0.1, 0.15) is 6.04 Å². The number of carbonyl (C=O) groups excluding carboxylic acids is 4. The largest absolute Gasteiger partial charge is 0.355 e. The minimum Gasteiger partial charge on any atom is -0.342 e. The second-order valence-corrected chi connectivity index (χ2v) is 6.72. The number of imide groups is 1. The Morgan fingerprint density at radius 3 is 2.31 bits per heavy atom. The molecular weight excluding hydrogens is 336 g/mol. The van der Waals surface area contributed by atoms with Crippen molar-refractivity contribution in [1.82, 2.24) is 10.4 Å². The minimum atomic E-state index is -0.952. The number of hydrogen-bond acceptors (Lipinski definition) is 5. The van der Waals surface area contributed by atoms with Crippen molar-refractivity contribution in [3.8, 4) is 0 Å². The topological polar surface area (TPSA) is 92.8 Å². The number of hydrogen-bond donors (Lipinski definition) is 1. The van der Waals surface area contributed by atoms with Crippen LogP contribution < -0.4 is 5.32 Å². The van der Waals surface area contributed by atoms with E-state index < -0.39 is 23.8 Å². The maximum absolute atomic E-state index is 12.6. The number of nitrogens with zero attached hydrogens (tertiary/aromatic N) is 1. The third kappa shape index (κ3) is 4.28. The second-order valence-electron chi connectivity index (χ2n) is 6.72. The predicted molar refractivity (Wildman–Crippen MR) is 91.2 cm³/mol. The van der Waals surface area contributed by atoms with E-state index in [0.717, 1.165) is 31.2 Å². The fraction of sp³-hybridized carbons (Fsp3) is 0.474. The summed E-state index contributed by atoms with van der Waals surface area (Å²) in [6.45, 7) is 0. The summed E-state index contributed by atoms with van der Waals surface area (Å²) < 4.78 is 0. The van der Waals surface area contributed by atoms with Gasteiger partial charge in [0.25, 0.3) is 11.8 Å². The van der Waals surface area contributed by atoms with Crippen molar-refractivity contribution >= 4 is 23.7 Å². The van der Waals surface area contributed by atoms with Crippen molar-refractivity contribution in [3.05, 3.63) is 35.9 Å². The van der Waals surface area contributed by atoms with Crippen molar-refractivity contribution in [2.75, 3.05) is 0 Å². The lowest BCUT2D eigenvalue weighted by molar-refractivity contribution is -0.199. The van der Waals surface area contributed by atoms with Crippen LogP contribution in [0.4, 0.5) is 0 Å². The molecule has 1 heterocycles. The number of nitrogens with one attached hydrogen (secondary N) is 1. The molecule has 3 rings (SSSR count). The number of hydroxylamine groups is 2. The molecule has 7 heteroatoms. The lowest BCUT2D eigenvalue weighted by Crippen LogP contribution is -2.48. The van der Waals surface area contributed by atoms with E-state index in [9.17, 15) is 19.2 Å². The monoisotopic (exact) mass is 358 g/mol. The Balaban J connectivity index is 1.70. The summed E-state index contributed by atoms with van der Waals surface area (Å²) in [7, 11) is 0. The Labute approximate surface area is 151 Å². The fourth-order valence-corrected chi connectivity index (χ4v) is 3.33. The molecule has 0 radical (unpaired) electrons. The third-order valence-electron chi connectivity index (χ3n) is 4.80. The summed E-state index contributed by atoms with van der Waals surface area (Å²) in [5, 5.41) is 3.26. The van der Waals surface area contributed by atoms with Crippen LogP contribution >= 0.6 is 0 Å². The molecule has 2 fully saturated rings. The van der Waals surface area contributed by atoms with Gasteiger partial charge in [-0.25, -0.2) is 4.79 Å². The van der Waals surface area contributed by atoms with E-state index in [1.165, 1.54) is 0 Å². The first kappa shape index (κ1) is 18.1. The van der Waals surface area contributed by atoms with Crippen LogP contribution in [0.1, 0.15) is 44.1 Å². The van der Waals surface area contributed by atoms with E-state index in [4.69, 9.17) is 4.84 Å². The first-order valence-corrected chi connectivity index (χ1v) is 8.96. The van der Waals surface area contributed by atoms with E-state index in [0.29, 0.717) is 5.06 Å². The Morgan fingerprint density at radius 1 is 1.08 bits per heavy atom. The van der Waals surface area contributed by atoms with Gasteiger partial charge in [-0.05, 0) is 18.4 Å². The van der Waals surface area contributed by atoms with Crippen LogP contribution in [0.15, 0.2) is 30.3 Å². The van der Waals surface area contributed by atoms with Crippen LogP contribution in [0.2, 0.25) is 0 Å². The van der Waals surface area contributed by atoms with Crippen molar-refractivity contribution in [2.24, 2.45) is 5.92 Å². The van der Waals surface area contributed by atoms with Crippen LogP contribution in [0.5, 0.6) is 0 Å².